The van der Waals surface area contributed by atoms with Crippen molar-refractivity contribution < 1.29 is 4.74 Å². The van der Waals surface area contributed by atoms with Crippen molar-refractivity contribution in [2.24, 2.45) is 5.73 Å². The van der Waals surface area contributed by atoms with Crippen molar-refractivity contribution in [3.8, 4) is 0 Å². The maximum absolute atomic E-state index is 12.1. The average Bonchev–Trinajstić information content (AvgIpc) is 2.42. The van der Waals surface area contributed by atoms with Crippen LogP contribution in [-0.2, 0) is 11.3 Å². The van der Waals surface area contributed by atoms with Crippen LogP contribution >= 0.6 is 11.6 Å². The van der Waals surface area contributed by atoms with Crippen molar-refractivity contribution in [2.75, 3.05) is 31.7 Å². The van der Waals surface area contributed by atoms with Gasteiger partial charge in [-0.1, -0.05) is 11.6 Å². The highest BCUT2D eigenvalue weighted by Crippen LogP contribution is 2.24. The summed E-state index contributed by atoms with van der Waals surface area (Å²) in [5, 5.41) is 4.36. The Hall–Kier alpha value is -1.11. The first kappa shape index (κ1) is 14.3. The Bertz CT molecular complexity index is 483. The number of methoxy groups -OCH3 is 1. The van der Waals surface area contributed by atoms with E-state index in [1.807, 2.05) is 0 Å². The second-order valence-corrected chi connectivity index (χ2v) is 5.07. The van der Waals surface area contributed by atoms with Gasteiger partial charge in [0.1, 0.15) is 5.02 Å². The van der Waals surface area contributed by atoms with Gasteiger partial charge in [0.25, 0.3) is 5.56 Å². The summed E-state index contributed by atoms with van der Waals surface area (Å²) >= 11 is 6.16. The Balaban J connectivity index is 2.18. The van der Waals surface area contributed by atoms with E-state index in [4.69, 9.17) is 22.1 Å². The predicted octanol–water partition coefficient (Wildman–Crippen LogP) is 0.471. The van der Waals surface area contributed by atoms with E-state index < -0.39 is 0 Å². The molecule has 1 aliphatic heterocycles. The standard InChI is InChI=1S/C12H19ClN4O2/c1-19-7-6-17-12(18)11(13)10(8-15-17)16-4-2-9(14)3-5-16/h8-9H,2-7,14H2,1H3. The molecule has 2 rings (SSSR count). The summed E-state index contributed by atoms with van der Waals surface area (Å²) < 4.78 is 6.26. The van der Waals surface area contributed by atoms with Crippen LogP contribution in [0.5, 0.6) is 0 Å². The Morgan fingerprint density at radius 3 is 2.84 bits per heavy atom. The minimum absolute atomic E-state index is 0.224. The highest BCUT2D eigenvalue weighted by Gasteiger charge is 2.20. The van der Waals surface area contributed by atoms with Crippen LogP contribution in [0.1, 0.15) is 12.8 Å². The van der Waals surface area contributed by atoms with Crippen LogP contribution in [0.4, 0.5) is 5.69 Å². The van der Waals surface area contributed by atoms with Gasteiger partial charge in [0.2, 0.25) is 0 Å². The van der Waals surface area contributed by atoms with Crippen LogP contribution < -0.4 is 16.2 Å². The molecule has 0 amide bonds. The molecule has 106 valence electrons. The van der Waals surface area contributed by atoms with Crippen LogP contribution in [0, 0.1) is 0 Å². The van der Waals surface area contributed by atoms with Gasteiger partial charge < -0.3 is 15.4 Å². The fraction of sp³-hybridized carbons (Fsp3) is 0.667. The molecule has 6 nitrogen and oxygen atoms in total. The molecule has 0 spiro atoms. The summed E-state index contributed by atoms with van der Waals surface area (Å²) in [5.74, 6) is 0. The number of piperidine rings is 1. The largest absolute Gasteiger partial charge is 0.383 e. The third-order valence-electron chi connectivity index (χ3n) is 3.35. The zero-order valence-electron chi connectivity index (χ0n) is 11.0. The summed E-state index contributed by atoms with van der Waals surface area (Å²) in [4.78, 5) is 14.1. The lowest BCUT2D eigenvalue weighted by atomic mass is 10.1. The van der Waals surface area contributed by atoms with Crippen molar-refractivity contribution in [1.82, 2.24) is 9.78 Å². The first-order chi connectivity index (χ1) is 9.13. The van der Waals surface area contributed by atoms with Gasteiger partial charge in [-0.25, -0.2) is 4.68 Å². The maximum Gasteiger partial charge on any atom is 0.287 e. The van der Waals surface area contributed by atoms with Gasteiger partial charge in [-0.15, -0.1) is 0 Å². The third-order valence-corrected chi connectivity index (χ3v) is 3.71. The van der Waals surface area contributed by atoms with Crippen LogP contribution in [0.25, 0.3) is 0 Å². The summed E-state index contributed by atoms with van der Waals surface area (Å²) in [7, 11) is 1.58. The molecule has 1 aliphatic rings. The van der Waals surface area contributed by atoms with Crippen LogP contribution in [-0.4, -0.2) is 42.6 Å². The molecule has 19 heavy (non-hydrogen) atoms. The van der Waals surface area contributed by atoms with E-state index in [1.165, 1.54) is 4.68 Å². The maximum atomic E-state index is 12.1. The van der Waals surface area contributed by atoms with Gasteiger partial charge in [-0.2, -0.15) is 5.10 Å². The van der Waals surface area contributed by atoms with E-state index in [1.54, 1.807) is 13.3 Å². The lowest BCUT2D eigenvalue weighted by Crippen LogP contribution is -2.40. The second kappa shape index (κ2) is 6.36. The minimum atomic E-state index is -0.272. The highest BCUT2D eigenvalue weighted by atomic mass is 35.5. The molecule has 1 fully saturated rings. The van der Waals surface area contributed by atoms with Crippen LogP contribution in [0.3, 0.4) is 0 Å². The highest BCUT2D eigenvalue weighted by molar-refractivity contribution is 6.33. The lowest BCUT2D eigenvalue weighted by molar-refractivity contribution is 0.182. The molecule has 1 aromatic rings. The average molecular weight is 287 g/mol. The monoisotopic (exact) mass is 286 g/mol. The summed E-state index contributed by atoms with van der Waals surface area (Å²) in [6.45, 7) is 2.45. The number of ether oxygens (including phenoxy) is 1. The molecule has 0 saturated carbocycles. The van der Waals surface area contributed by atoms with Crippen molar-refractivity contribution >= 4 is 17.3 Å². The molecule has 0 aromatic carbocycles. The molecule has 7 heteroatoms. The third kappa shape index (κ3) is 3.26. The molecule has 2 heterocycles. The zero-order chi connectivity index (χ0) is 13.8. The first-order valence-electron chi connectivity index (χ1n) is 6.38. The SMILES string of the molecule is COCCn1ncc(N2CCC(N)CC2)c(Cl)c1=O. The topological polar surface area (TPSA) is 73.4 Å². The number of hydrogen-bond acceptors (Lipinski definition) is 5. The number of hydrogen-bond donors (Lipinski definition) is 1. The number of halogens is 1. The number of nitrogens with two attached hydrogens (primary N) is 1. The van der Waals surface area contributed by atoms with Crippen molar-refractivity contribution in [3.05, 3.63) is 21.6 Å². The molecule has 0 atom stereocenters. The van der Waals surface area contributed by atoms with Gasteiger partial charge in [-0.05, 0) is 12.8 Å². The quantitative estimate of drug-likeness (QED) is 0.871. The van der Waals surface area contributed by atoms with Crippen LogP contribution in [0.2, 0.25) is 5.02 Å². The molecule has 0 radical (unpaired) electrons. The molecule has 1 aromatic heterocycles. The molecule has 0 unspecified atom stereocenters. The number of nitrogens with zero attached hydrogens (tertiary/aromatic N) is 3. The molecule has 0 bridgehead atoms. The van der Waals surface area contributed by atoms with E-state index >= 15 is 0 Å². The number of rotatable bonds is 4. The molecule has 1 saturated heterocycles. The Morgan fingerprint density at radius 2 is 2.21 bits per heavy atom. The molecular formula is C12H19ClN4O2. The Kier molecular flexibility index (Phi) is 4.79. The van der Waals surface area contributed by atoms with Gasteiger partial charge in [0.15, 0.2) is 0 Å². The van der Waals surface area contributed by atoms with Crippen LogP contribution in [0.15, 0.2) is 11.0 Å². The Morgan fingerprint density at radius 1 is 1.53 bits per heavy atom. The summed E-state index contributed by atoms with van der Waals surface area (Å²) in [6.07, 6.45) is 3.46. The second-order valence-electron chi connectivity index (χ2n) is 4.69. The van der Waals surface area contributed by atoms with Gasteiger partial charge in [0, 0.05) is 26.2 Å². The van der Waals surface area contributed by atoms with Gasteiger partial charge in [0.05, 0.1) is 25.0 Å². The normalized spacial score (nSPS) is 16.9. The lowest BCUT2D eigenvalue weighted by Gasteiger charge is -2.32. The van der Waals surface area contributed by atoms with E-state index in [-0.39, 0.29) is 16.6 Å². The van der Waals surface area contributed by atoms with Gasteiger partial charge >= 0.3 is 0 Å². The first-order valence-corrected chi connectivity index (χ1v) is 6.76. The minimum Gasteiger partial charge on any atom is -0.383 e. The van der Waals surface area contributed by atoms with E-state index in [0.717, 1.165) is 25.9 Å². The van der Waals surface area contributed by atoms with E-state index in [0.29, 0.717) is 18.8 Å². The molecule has 0 aliphatic carbocycles. The van der Waals surface area contributed by atoms with E-state index in [2.05, 4.69) is 10.00 Å². The van der Waals surface area contributed by atoms with Crippen molar-refractivity contribution in [2.45, 2.75) is 25.4 Å². The zero-order valence-corrected chi connectivity index (χ0v) is 11.8. The molecule has 2 N–H and O–H groups in total. The predicted molar refractivity (Wildman–Crippen MR) is 74.8 cm³/mol. The van der Waals surface area contributed by atoms with E-state index in [9.17, 15) is 4.79 Å². The number of anilines is 1. The summed E-state index contributed by atoms with van der Waals surface area (Å²) in [5.41, 5.74) is 6.30. The number of aromatic nitrogens is 2. The van der Waals surface area contributed by atoms with Gasteiger partial charge in [-0.3, -0.25) is 4.79 Å². The van der Waals surface area contributed by atoms with Crippen molar-refractivity contribution in [1.29, 1.82) is 0 Å². The van der Waals surface area contributed by atoms with Crippen molar-refractivity contribution in [3.63, 3.8) is 0 Å². The molecular weight excluding hydrogens is 268 g/mol. The smallest absolute Gasteiger partial charge is 0.287 e. The Labute approximate surface area is 117 Å². The summed E-state index contributed by atoms with van der Waals surface area (Å²) in [6, 6.07) is 0.241. The fourth-order valence-corrected chi connectivity index (χ4v) is 2.42. The fourth-order valence-electron chi connectivity index (χ4n) is 2.15.